The molecule has 166 valence electrons. The average molecular weight is 434 g/mol. The van der Waals surface area contributed by atoms with Crippen molar-refractivity contribution in [1.82, 2.24) is 25.5 Å². The summed E-state index contributed by atoms with van der Waals surface area (Å²) in [7, 11) is 1.65. The predicted octanol–water partition coefficient (Wildman–Crippen LogP) is 2.59. The molecule has 4 rings (SSSR count). The Bertz CT molecular complexity index is 989. The van der Waals surface area contributed by atoms with Gasteiger partial charge in [-0.15, -0.1) is 10.2 Å². The van der Waals surface area contributed by atoms with Crippen LogP contribution in [0.4, 0.5) is 17.5 Å². The first kappa shape index (κ1) is 21.5. The zero-order valence-electron chi connectivity index (χ0n) is 18.1. The van der Waals surface area contributed by atoms with Crippen LogP contribution in [-0.2, 0) is 11.2 Å². The number of carbonyl (C=O) groups is 1. The molecule has 2 N–H and O–H groups in total. The fourth-order valence-electron chi connectivity index (χ4n) is 3.69. The van der Waals surface area contributed by atoms with Crippen molar-refractivity contribution >= 4 is 23.4 Å². The van der Waals surface area contributed by atoms with Crippen molar-refractivity contribution in [2.75, 3.05) is 37.0 Å². The molecule has 9 heteroatoms. The van der Waals surface area contributed by atoms with E-state index in [9.17, 15) is 4.79 Å². The fraction of sp³-hybridized carbons (Fsp3) is 0.348. The molecule has 9 nitrogen and oxygen atoms in total. The minimum atomic E-state index is 0.0359. The van der Waals surface area contributed by atoms with Gasteiger partial charge in [0.1, 0.15) is 17.9 Å². The van der Waals surface area contributed by atoms with Crippen molar-refractivity contribution in [1.29, 1.82) is 0 Å². The smallest absolute Gasteiger partial charge is 0.223 e. The highest BCUT2D eigenvalue weighted by atomic mass is 16.5. The van der Waals surface area contributed by atoms with Crippen LogP contribution >= 0.6 is 0 Å². The first-order chi connectivity index (χ1) is 15.7. The van der Waals surface area contributed by atoms with Gasteiger partial charge in [-0.05, 0) is 55.2 Å². The van der Waals surface area contributed by atoms with E-state index in [1.807, 2.05) is 36.4 Å². The topological polar surface area (TPSA) is 105 Å². The molecule has 3 aromatic rings. The summed E-state index contributed by atoms with van der Waals surface area (Å²) in [4.78, 5) is 22.7. The fourth-order valence-corrected chi connectivity index (χ4v) is 3.69. The Kier molecular flexibility index (Phi) is 7.06. The maximum Gasteiger partial charge on any atom is 0.223 e. The monoisotopic (exact) mass is 433 g/mol. The Morgan fingerprint density at radius 2 is 1.88 bits per heavy atom. The summed E-state index contributed by atoms with van der Waals surface area (Å²) in [6, 6.07) is 13.5. The van der Waals surface area contributed by atoms with Crippen LogP contribution in [0.3, 0.4) is 0 Å². The summed E-state index contributed by atoms with van der Waals surface area (Å²) in [6.45, 7) is 2.20. The molecule has 0 atom stereocenters. The SMILES string of the molecule is COc1ccc(CCNC(=O)C2CCN(c3ccc(Nc4ccncn4)nn3)CC2)cc1. The molecule has 0 spiro atoms. The maximum atomic E-state index is 12.6. The zero-order chi connectivity index (χ0) is 22.2. The Labute approximate surface area is 187 Å². The number of hydrogen-bond donors (Lipinski definition) is 2. The van der Waals surface area contributed by atoms with Gasteiger partial charge in [0.25, 0.3) is 0 Å². The van der Waals surface area contributed by atoms with Gasteiger partial charge < -0.3 is 20.3 Å². The molecule has 32 heavy (non-hydrogen) atoms. The lowest BCUT2D eigenvalue weighted by molar-refractivity contribution is -0.125. The van der Waals surface area contributed by atoms with E-state index in [0.29, 0.717) is 18.2 Å². The Morgan fingerprint density at radius 3 is 2.53 bits per heavy atom. The van der Waals surface area contributed by atoms with Gasteiger partial charge in [0.15, 0.2) is 11.6 Å². The largest absolute Gasteiger partial charge is 0.497 e. The number of rotatable bonds is 8. The molecular formula is C23H27N7O2. The molecule has 0 radical (unpaired) electrons. The van der Waals surface area contributed by atoms with Gasteiger partial charge in [-0.1, -0.05) is 12.1 Å². The van der Waals surface area contributed by atoms with Crippen LogP contribution in [0.25, 0.3) is 0 Å². The molecule has 0 aliphatic carbocycles. The van der Waals surface area contributed by atoms with Gasteiger partial charge >= 0.3 is 0 Å². The quantitative estimate of drug-likeness (QED) is 0.559. The average Bonchev–Trinajstić information content (AvgIpc) is 2.86. The number of nitrogens with one attached hydrogen (secondary N) is 2. The number of benzene rings is 1. The number of ether oxygens (including phenoxy) is 1. The molecule has 1 aromatic carbocycles. The lowest BCUT2D eigenvalue weighted by Gasteiger charge is -2.31. The second-order valence-corrected chi connectivity index (χ2v) is 7.65. The van der Waals surface area contributed by atoms with Crippen LogP contribution in [0.1, 0.15) is 18.4 Å². The van der Waals surface area contributed by atoms with E-state index in [1.54, 1.807) is 19.4 Å². The van der Waals surface area contributed by atoms with E-state index in [0.717, 1.165) is 43.9 Å². The van der Waals surface area contributed by atoms with Gasteiger partial charge in [-0.3, -0.25) is 4.79 Å². The van der Waals surface area contributed by atoms with Gasteiger partial charge in [0.05, 0.1) is 7.11 Å². The number of nitrogens with zero attached hydrogens (tertiary/aromatic N) is 5. The summed E-state index contributed by atoms with van der Waals surface area (Å²) < 4.78 is 5.17. The summed E-state index contributed by atoms with van der Waals surface area (Å²) in [6.07, 6.45) is 5.55. The molecule has 0 unspecified atom stereocenters. The van der Waals surface area contributed by atoms with E-state index < -0.39 is 0 Å². The third-order valence-electron chi connectivity index (χ3n) is 5.55. The summed E-state index contributed by atoms with van der Waals surface area (Å²) >= 11 is 0. The van der Waals surface area contributed by atoms with E-state index >= 15 is 0 Å². The summed E-state index contributed by atoms with van der Waals surface area (Å²) in [5.41, 5.74) is 1.18. The maximum absolute atomic E-state index is 12.6. The van der Waals surface area contributed by atoms with Crippen LogP contribution in [0, 0.1) is 5.92 Å². The van der Waals surface area contributed by atoms with E-state index in [1.165, 1.54) is 11.9 Å². The highest BCUT2D eigenvalue weighted by molar-refractivity contribution is 5.79. The first-order valence-electron chi connectivity index (χ1n) is 10.7. The van der Waals surface area contributed by atoms with Crippen LogP contribution in [-0.4, -0.2) is 52.8 Å². The van der Waals surface area contributed by atoms with Gasteiger partial charge in [-0.25, -0.2) is 9.97 Å². The predicted molar refractivity (Wildman–Crippen MR) is 122 cm³/mol. The minimum Gasteiger partial charge on any atom is -0.497 e. The zero-order valence-corrected chi connectivity index (χ0v) is 18.1. The standard InChI is InChI=1S/C23H27N7O2/c1-32-19-4-2-17(3-5-19)8-13-25-23(31)18-10-14-30(15-11-18)22-7-6-21(28-29-22)27-20-9-12-24-16-26-20/h2-7,9,12,16,18H,8,10-11,13-15H2,1H3,(H,25,31)(H,24,26,27,28). The third kappa shape index (κ3) is 5.69. The Morgan fingerprint density at radius 1 is 1.06 bits per heavy atom. The van der Waals surface area contributed by atoms with Gasteiger partial charge in [-0.2, -0.15) is 0 Å². The van der Waals surface area contributed by atoms with Crippen molar-refractivity contribution in [3.8, 4) is 5.75 Å². The number of methoxy groups -OCH3 is 1. The number of amides is 1. The van der Waals surface area contributed by atoms with E-state index in [4.69, 9.17) is 4.74 Å². The highest BCUT2D eigenvalue weighted by Gasteiger charge is 2.25. The summed E-state index contributed by atoms with van der Waals surface area (Å²) in [5, 5.41) is 14.7. The molecule has 0 bridgehead atoms. The number of hydrogen-bond acceptors (Lipinski definition) is 8. The number of piperidine rings is 1. The van der Waals surface area contributed by atoms with Gasteiger partial charge in [0, 0.05) is 31.7 Å². The highest BCUT2D eigenvalue weighted by Crippen LogP contribution is 2.22. The van der Waals surface area contributed by atoms with Crippen LogP contribution in [0.2, 0.25) is 0 Å². The Hall–Kier alpha value is -3.75. The van der Waals surface area contributed by atoms with Gasteiger partial charge in [0.2, 0.25) is 5.91 Å². The molecule has 3 heterocycles. The second-order valence-electron chi connectivity index (χ2n) is 7.65. The van der Waals surface area contributed by atoms with Crippen molar-refractivity contribution in [2.24, 2.45) is 5.92 Å². The second kappa shape index (κ2) is 10.5. The van der Waals surface area contributed by atoms with Crippen LogP contribution in [0.15, 0.2) is 55.0 Å². The normalized spacial score (nSPS) is 14.1. The molecule has 0 saturated carbocycles. The molecule has 2 aromatic heterocycles. The van der Waals surface area contributed by atoms with Crippen molar-refractivity contribution < 1.29 is 9.53 Å². The third-order valence-corrected chi connectivity index (χ3v) is 5.55. The first-order valence-corrected chi connectivity index (χ1v) is 10.7. The lowest BCUT2D eigenvalue weighted by atomic mass is 9.96. The minimum absolute atomic E-state index is 0.0359. The van der Waals surface area contributed by atoms with E-state index in [-0.39, 0.29) is 11.8 Å². The summed E-state index contributed by atoms with van der Waals surface area (Å²) in [5.74, 6) is 3.12. The van der Waals surface area contributed by atoms with E-state index in [2.05, 4.69) is 35.7 Å². The molecule has 1 saturated heterocycles. The van der Waals surface area contributed by atoms with Crippen molar-refractivity contribution in [3.05, 3.63) is 60.6 Å². The molecule has 1 fully saturated rings. The molecular weight excluding hydrogens is 406 g/mol. The van der Waals surface area contributed by atoms with Crippen LogP contribution < -0.4 is 20.3 Å². The number of carbonyl (C=O) groups excluding carboxylic acids is 1. The van der Waals surface area contributed by atoms with Crippen LogP contribution in [0.5, 0.6) is 5.75 Å². The number of anilines is 3. The molecule has 1 aliphatic rings. The Balaban J connectivity index is 1.20. The molecule has 1 amide bonds. The molecule has 1 aliphatic heterocycles. The number of aromatic nitrogens is 4. The lowest BCUT2D eigenvalue weighted by Crippen LogP contribution is -2.41. The van der Waals surface area contributed by atoms with Crippen molar-refractivity contribution in [2.45, 2.75) is 19.3 Å². The van der Waals surface area contributed by atoms with Crippen molar-refractivity contribution in [3.63, 3.8) is 0 Å².